The third kappa shape index (κ3) is 5.44. The maximum Gasteiger partial charge on any atom is 0.416 e. The van der Waals surface area contributed by atoms with Gasteiger partial charge in [0.2, 0.25) is 0 Å². The number of carbonyl (C=O) groups is 1. The van der Waals surface area contributed by atoms with E-state index in [0.717, 1.165) is 25.0 Å². The Morgan fingerprint density at radius 3 is 2.54 bits per heavy atom. The number of aliphatic hydroxyl groups excluding tert-OH is 1. The van der Waals surface area contributed by atoms with E-state index in [0.29, 0.717) is 35.8 Å². The minimum absolute atomic E-state index is 0.0586. The normalized spacial score (nSPS) is 19.8. The van der Waals surface area contributed by atoms with Crippen LogP contribution in [0.2, 0.25) is 0 Å². The van der Waals surface area contributed by atoms with Gasteiger partial charge in [0.15, 0.2) is 6.10 Å². The molecule has 2 heterocycles. The molecular formula is C32H34F3N3O3. The van der Waals surface area contributed by atoms with Gasteiger partial charge in [-0.15, -0.1) is 0 Å². The van der Waals surface area contributed by atoms with Crippen LogP contribution in [0.5, 0.6) is 0 Å². The van der Waals surface area contributed by atoms with Gasteiger partial charge in [-0.2, -0.15) is 13.2 Å². The van der Waals surface area contributed by atoms with Crippen molar-refractivity contribution < 1.29 is 23.1 Å². The number of amides is 1. The van der Waals surface area contributed by atoms with Crippen molar-refractivity contribution in [3.8, 4) is 0 Å². The molecule has 1 amide bonds. The lowest BCUT2D eigenvalue weighted by atomic mass is 9.82. The van der Waals surface area contributed by atoms with Crippen molar-refractivity contribution in [3.63, 3.8) is 0 Å². The van der Waals surface area contributed by atoms with Crippen LogP contribution in [0.3, 0.4) is 0 Å². The number of nitrogens with one attached hydrogen (secondary N) is 1. The summed E-state index contributed by atoms with van der Waals surface area (Å²) >= 11 is 0. The number of nitrogens with zero attached hydrogens (tertiary/aromatic N) is 2. The van der Waals surface area contributed by atoms with Gasteiger partial charge in [-0.25, -0.2) is 4.98 Å². The SMILES string of the molecule is O=C([C@H](O)c1cccc(C(F)(F)F)c1)N1CCCc2nc(C3(c4cccc(C5CCCCC5)c4)CC3)[nH]c(=O)c2C1. The Morgan fingerprint density at radius 2 is 1.80 bits per heavy atom. The van der Waals surface area contributed by atoms with Gasteiger partial charge in [-0.3, -0.25) is 9.59 Å². The maximum atomic E-state index is 13.4. The number of aromatic amines is 1. The van der Waals surface area contributed by atoms with Gasteiger partial charge in [-0.1, -0.05) is 55.7 Å². The number of carbonyl (C=O) groups excluding carboxylic acids is 1. The molecule has 1 aliphatic heterocycles. The smallest absolute Gasteiger partial charge is 0.378 e. The molecule has 6 nitrogen and oxygen atoms in total. The van der Waals surface area contributed by atoms with Crippen molar-refractivity contribution in [2.24, 2.45) is 0 Å². The first-order chi connectivity index (χ1) is 19.7. The summed E-state index contributed by atoms with van der Waals surface area (Å²) in [4.78, 5) is 35.9. The average molecular weight is 566 g/mol. The first-order valence-corrected chi connectivity index (χ1v) is 14.5. The van der Waals surface area contributed by atoms with E-state index in [4.69, 9.17) is 4.98 Å². The lowest BCUT2D eigenvalue weighted by molar-refractivity contribution is -0.142. The van der Waals surface area contributed by atoms with Gasteiger partial charge in [0.1, 0.15) is 5.82 Å². The Balaban J connectivity index is 1.24. The van der Waals surface area contributed by atoms with Gasteiger partial charge < -0.3 is 15.0 Å². The van der Waals surface area contributed by atoms with Crippen molar-refractivity contribution in [2.45, 2.75) is 87.9 Å². The van der Waals surface area contributed by atoms with Crippen LogP contribution < -0.4 is 5.56 Å². The molecule has 3 aliphatic rings. The maximum absolute atomic E-state index is 13.4. The lowest BCUT2D eigenvalue weighted by Gasteiger charge is -2.25. The monoisotopic (exact) mass is 565 g/mol. The molecule has 2 fully saturated rings. The van der Waals surface area contributed by atoms with Crippen molar-refractivity contribution in [2.75, 3.05) is 6.54 Å². The fraction of sp³-hybridized carbons (Fsp3) is 0.469. The van der Waals surface area contributed by atoms with E-state index < -0.39 is 23.8 Å². The molecule has 2 aliphatic carbocycles. The van der Waals surface area contributed by atoms with E-state index in [1.54, 1.807) is 0 Å². The number of hydrogen-bond acceptors (Lipinski definition) is 4. The average Bonchev–Trinajstić information content (AvgIpc) is 3.81. The number of aromatic nitrogens is 2. The van der Waals surface area contributed by atoms with E-state index in [1.807, 2.05) is 0 Å². The van der Waals surface area contributed by atoms with Crippen LogP contribution in [0.1, 0.15) is 103 Å². The van der Waals surface area contributed by atoms with Crippen LogP contribution in [0.4, 0.5) is 13.2 Å². The summed E-state index contributed by atoms with van der Waals surface area (Å²) in [5.74, 6) is 0.498. The molecule has 0 radical (unpaired) electrons. The molecule has 2 N–H and O–H groups in total. The molecule has 0 spiro atoms. The fourth-order valence-electron chi connectivity index (χ4n) is 6.55. The largest absolute Gasteiger partial charge is 0.416 e. The van der Waals surface area contributed by atoms with Crippen LogP contribution in [0, 0.1) is 0 Å². The summed E-state index contributed by atoms with van der Waals surface area (Å²) < 4.78 is 39.5. The number of benzene rings is 2. The Hall–Kier alpha value is -3.46. The standard InChI is InChI=1S/C32H34F3N3O3/c33-32(34,35)24-12-5-10-22(18-24)27(39)29(41)38-16-6-13-26-25(19-38)28(40)37-30(36-26)31(14-15-31)23-11-4-9-21(17-23)20-7-2-1-3-8-20/h4-5,9-12,17-18,20,27,39H,1-3,6-8,13-16,19H2,(H,36,37,40)/t27-/m1/s1. The molecule has 216 valence electrons. The van der Waals surface area contributed by atoms with Gasteiger partial charge in [0.05, 0.1) is 28.8 Å². The molecule has 1 atom stereocenters. The van der Waals surface area contributed by atoms with E-state index in [-0.39, 0.29) is 29.6 Å². The van der Waals surface area contributed by atoms with Crippen LogP contribution in [-0.4, -0.2) is 32.4 Å². The van der Waals surface area contributed by atoms with Crippen LogP contribution >= 0.6 is 0 Å². The Morgan fingerprint density at radius 1 is 1.05 bits per heavy atom. The Kier molecular flexibility index (Phi) is 7.26. The van der Waals surface area contributed by atoms with E-state index in [1.165, 1.54) is 60.3 Å². The third-order valence-electron chi connectivity index (χ3n) is 9.09. The first-order valence-electron chi connectivity index (χ1n) is 14.5. The molecule has 9 heteroatoms. The molecule has 1 aromatic heterocycles. The van der Waals surface area contributed by atoms with Crippen molar-refractivity contribution in [3.05, 3.63) is 98.2 Å². The quantitative estimate of drug-likeness (QED) is 0.402. The number of aliphatic hydroxyl groups is 1. The molecular weight excluding hydrogens is 531 g/mol. The number of aryl methyl sites for hydroxylation is 1. The number of fused-ring (bicyclic) bond motifs is 1. The molecule has 0 bridgehead atoms. The molecule has 0 saturated heterocycles. The summed E-state index contributed by atoms with van der Waals surface area (Å²) in [6.45, 7) is 0.200. The Bertz CT molecular complexity index is 1510. The zero-order valence-corrected chi connectivity index (χ0v) is 22.8. The lowest BCUT2D eigenvalue weighted by Crippen LogP contribution is -2.36. The highest BCUT2D eigenvalue weighted by molar-refractivity contribution is 5.82. The number of alkyl halides is 3. The molecule has 2 aromatic carbocycles. The number of rotatable bonds is 5. The number of halogens is 3. The topological polar surface area (TPSA) is 86.3 Å². The number of hydrogen-bond donors (Lipinski definition) is 2. The van der Waals surface area contributed by atoms with Crippen LogP contribution in [-0.2, 0) is 29.4 Å². The van der Waals surface area contributed by atoms with Crippen molar-refractivity contribution in [1.29, 1.82) is 0 Å². The predicted molar refractivity (Wildman–Crippen MR) is 147 cm³/mol. The highest BCUT2D eigenvalue weighted by Gasteiger charge is 2.49. The minimum atomic E-state index is -4.59. The fourth-order valence-corrected chi connectivity index (χ4v) is 6.55. The molecule has 3 aromatic rings. The predicted octanol–water partition coefficient (Wildman–Crippen LogP) is 5.92. The highest BCUT2D eigenvalue weighted by atomic mass is 19.4. The molecule has 2 saturated carbocycles. The zero-order chi connectivity index (χ0) is 28.8. The van der Waals surface area contributed by atoms with Gasteiger partial charge in [0, 0.05) is 6.54 Å². The summed E-state index contributed by atoms with van der Waals surface area (Å²) in [6, 6.07) is 12.9. The molecule has 41 heavy (non-hydrogen) atoms. The van der Waals surface area contributed by atoms with E-state index >= 15 is 0 Å². The molecule has 0 unspecified atom stereocenters. The van der Waals surface area contributed by atoms with Gasteiger partial charge >= 0.3 is 6.18 Å². The second-order valence-electron chi connectivity index (χ2n) is 11.8. The summed E-state index contributed by atoms with van der Waals surface area (Å²) in [7, 11) is 0. The van der Waals surface area contributed by atoms with Crippen molar-refractivity contribution >= 4 is 5.91 Å². The highest BCUT2D eigenvalue weighted by Crippen LogP contribution is 2.52. The number of H-pyrrole nitrogens is 1. The van der Waals surface area contributed by atoms with Gasteiger partial charge in [0.25, 0.3) is 11.5 Å². The first kappa shape index (κ1) is 27.7. The Labute approximate surface area is 236 Å². The summed E-state index contributed by atoms with van der Waals surface area (Å²) in [5.41, 5.74) is 1.84. The van der Waals surface area contributed by atoms with Crippen LogP contribution in [0.25, 0.3) is 0 Å². The molecule has 6 rings (SSSR count). The van der Waals surface area contributed by atoms with E-state index in [9.17, 15) is 27.9 Å². The summed E-state index contributed by atoms with van der Waals surface area (Å²) in [5, 5.41) is 10.7. The second kappa shape index (κ2) is 10.7. The minimum Gasteiger partial charge on any atom is -0.378 e. The van der Waals surface area contributed by atoms with Gasteiger partial charge in [-0.05, 0) is 73.3 Å². The van der Waals surface area contributed by atoms with E-state index in [2.05, 4.69) is 29.2 Å². The van der Waals surface area contributed by atoms with Crippen molar-refractivity contribution in [1.82, 2.24) is 14.9 Å². The van der Waals surface area contributed by atoms with Crippen LogP contribution in [0.15, 0.2) is 53.3 Å². The summed E-state index contributed by atoms with van der Waals surface area (Å²) in [6.07, 6.45) is 2.70. The zero-order valence-electron chi connectivity index (χ0n) is 22.8. The second-order valence-corrected chi connectivity index (χ2v) is 11.8. The third-order valence-corrected chi connectivity index (χ3v) is 9.09.